The topological polar surface area (TPSA) is 55.1 Å². The third kappa shape index (κ3) is 4.93. The van der Waals surface area contributed by atoms with Gasteiger partial charge in [0.15, 0.2) is 0 Å². The molecular formula is C11H23ClN2OS. The minimum atomic E-state index is -0.413. The fourth-order valence-corrected chi connectivity index (χ4v) is 2.72. The Kier molecular flexibility index (Phi) is 6.75. The highest BCUT2D eigenvalue weighted by Crippen LogP contribution is 2.25. The van der Waals surface area contributed by atoms with Crippen LogP contribution in [-0.4, -0.2) is 29.5 Å². The van der Waals surface area contributed by atoms with Crippen molar-refractivity contribution in [3.63, 3.8) is 0 Å². The molecule has 2 atom stereocenters. The van der Waals surface area contributed by atoms with E-state index in [1.807, 2.05) is 32.5 Å². The smallest absolute Gasteiger partial charge is 0.237 e. The molecule has 0 saturated carbocycles. The number of hydrogen-bond acceptors (Lipinski definition) is 3. The summed E-state index contributed by atoms with van der Waals surface area (Å²) in [6.45, 7) is 6.73. The highest BCUT2D eigenvalue weighted by atomic mass is 35.5. The van der Waals surface area contributed by atoms with E-state index in [9.17, 15) is 4.79 Å². The van der Waals surface area contributed by atoms with Gasteiger partial charge in [-0.05, 0) is 24.0 Å². The van der Waals surface area contributed by atoms with Crippen LogP contribution in [0.3, 0.4) is 0 Å². The molecule has 1 saturated heterocycles. The van der Waals surface area contributed by atoms with Gasteiger partial charge in [0.05, 0.1) is 6.04 Å². The van der Waals surface area contributed by atoms with Crippen LogP contribution in [0.25, 0.3) is 0 Å². The predicted octanol–water partition coefficient (Wildman–Crippen LogP) is 1.79. The van der Waals surface area contributed by atoms with Crippen molar-refractivity contribution < 1.29 is 4.79 Å². The number of halogens is 1. The van der Waals surface area contributed by atoms with E-state index < -0.39 is 6.04 Å². The van der Waals surface area contributed by atoms with E-state index in [1.165, 1.54) is 18.6 Å². The number of rotatable bonds is 3. The molecule has 1 unspecified atom stereocenters. The predicted molar refractivity (Wildman–Crippen MR) is 73.2 cm³/mol. The summed E-state index contributed by atoms with van der Waals surface area (Å²) < 4.78 is 0. The normalized spacial score (nSPS) is 22.4. The Morgan fingerprint density at radius 1 is 1.56 bits per heavy atom. The molecule has 1 heterocycles. The average Bonchev–Trinajstić information content (AvgIpc) is 2.63. The zero-order valence-electron chi connectivity index (χ0n) is 10.3. The van der Waals surface area contributed by atoms with Crippen molar-refractivity contribution in [3.05, 3.63) is 0 Å². The van der Waals surface area contributed by atoms with E-state index in [0.717, 1.165) is 6.54 Å². The van der Waals surface area contributed by atoms with Crippen molar-refractivity contribution in [2.75, 3.05) is 12.3 Å². The number of carbonyl (C=O) groups is 1. The van der Waals surface area contributed by atoms with Crippen LogP contribution in [0, 0.1) is 5.41 Å². The molecule has 96 valence electrons. The van der Waals surface area contributed by atoms with Crippen LogP contribution >= 0.6 is 24.2 Å². The number of amides is 1. The quantitative estimate of drug-likeness (QED) is 0.819. The standard InChI is InChI=1S/C11H22N2OS.ClH/c1-11(2,3)9(12)10(14)13-7-8-5-4-6-15-8;/h8-9H,4-7,12H2,1-3H3,(H,13,14);1H/t8?,9-;/m1./s1. The molecule has 0 aromatic carbocycles. The third-order valence-corrected chi connectivity index (χ3v) is 4.14. The van der Waals surface area contributed by atoms with Gasteiger partial charge in [0.2, 0.25) is 5.91 Å². The van der Waals surface area contributed by atoms with Crippen LogP contribution in [0.5, 0.6) is 0 Å². The first-order valence-electron chi connectivity index (χ1n) is 5.56. The Hall–Kier alpha value is 0.0700. The van der Waals surface area contributed by atoms with Crippen molar-refractivity contribution in [1.82, 2.24) is 5.32 Å². The van der Waals surface area contributed by atoms with Crippen molar-refractivity contribution >= 4 is 30.1 Å². The molecule has 1 amide bonds. The van der Waals surface area contributed by atoms with Crippen molar-refractivity contribution in [3.8, 4) is 0 Å². The van der Waals surface area contributed by atoms with Gasteiger partial charge < -0.3 is 11.1 Å². The SMILES string of the molecule is CC(C)(C)[C@H](N)C(=O)NCC1CCCS1.Cl. The molecule has 3 N–H and O–H groups in total. The molecule has 1 aliphatic rings. The number of hydrogen-bond donors (Lipinski definition) is 2. The van der Waals surface area contributed by atoms with Crippen molar-refractivity contribution in [2.45, 2.75) is 44.9 Å². The van der Waals surface area contributed by atoms with Crippen LogP contribution in [0.15, 0.2) is 0 Å². The van der Waals surface area contributed by atoms with Crippen LogP contribution in [-0.2, 0) is 4.79 Å². The molecule has 3 nitrogen and oxygen atoms in total. The minimum absolute atomic E-state index is 0. The summed E-state index contributed by atoms with van der Waals surface area (Å²) in [6, 6.07) is -0.413. The van der Waals surface area contributed by atoms with E-state index in [0.29, 0.717) is 5.25 Å². The maximum absolute atomic E-state index is 11.7. The second-order valence-corrected chi connectivity index (χ2v) is 6.63. The lowest BCUT2D eigenvalue weighted by molar-refractivity contribution is -0.124. The number of carbonyl (C=O) groups excluding carboxylic acids is 1. The Balaban J connectivity index is 0.00000225. The summed E-state index contributed by atoms with van der Waals surface area (Å²) >= 11 is 1.95. The third-order valence-electron chi connectivity index (χ3n) is 2.74. The lowest BCUT2D eigenvalue weighted by Gasteiger charge is -2.26. The largest absolute Gasteiger partial charge is 0.354 e. The average molecular weight is 267 g/mol. The first-order valence-corrected chi connectivity index (χ1v) is 6.61. The second kappa shape index (κ2) is 6.72. The molecule has 5 heteroatoms. The molecule has 16 heavy (non-hydrogen) atoms. The Morgan fingerprint density at radius 3 is 2.62 bits per heavy atom. The zero-order chi connectivity index (χ0) is 11.5. The first kappa shape index (κ1) is 16.1. The van der Waals surface area contributed by atoms with E-state index in [1.54, 1.807) is 0 Å². The molecule has 0 aliphatic carbocycles. The fourth-order valence-electron chi connectivity index (χ4n) is 1.52. The zero-order valence-corrected chi connectivity index (χ0v) is 11.9. The molecule has 0 spiro atoms. The van der Waals surface area contributed by atoms with Crippen LogP contribution < -0.4 is 11.1 Å². The molecule has 0 aromatic heterocycles. The summed E-state index contributed by atoms with van der Waals surface area (Å²) in [6.07, 6.45) is 2.49. The van der Waals surface area contributed by atoms with Gasteiger partial charge in [0, 0.05) is 11.8 Å². The monoisotopic (exact) mass is 266 g/mol. The maximum atomic E-state index is 11.7. The van der Waals surface area contributed by atoms with Crippen molar-refractivity contribution in [1.29, 1.82) is 0 Å². The summed E-state index contributed by atoms with van der Waals surface area (Å²) in [7, 11) is 0. The van der Waals surface area contributed by atoms with Crippen molar-refractivity contribution in [2.24, 2.45) is 11.1 Å². The Bertz CT molecular complexity index is 225. The van der Waals surface area contributed by atoms with Gasteiger partial charge in [-0.25, -0.2) is 0 Å². The fraction of sp³-hybridized carbons (Fsp3) is 0.909. The lowest BCUT2D eigenvalue weighted by atomic mass is 9.87. The Morgan fingerprint density at radius 2 is 2.19 bits per heavy atom. The Labute approximate surface area is 109 Å². The van der Waals surface area contributed by atoms with Gasteiger partial charge in [-0.15, -0.1) is 12.4 Å². The van der Waals surface area contributed by atoms with Crippen LogP contribution in [0.1, 0.15) is 33.6 Å². The highest BCUT2D eigenvalue weighted by Gasteiger charge is 2.27. The van der Waals surface area contributed by atoms with E-state index >= 15 is 0 Å². The van der Waals surface area contributed by atoms with E-state index in [-0.39, 0.29) is 23.7 Å². The minimum Gasteiger partial charge on any atom is -0.354 e. The van der Waals surface area contributed by atoms with Gasteiger partial charge >= 0.3 is 0 Å². The summed E-state index contributed by atoms with van der Waals surface area (Å²) in [4.78, 5) is 11.7. The van der Waals surface area contributed by atoms with E-state index in [2.05, 4.69) is 5.32 Å². The summed E-state index contributed by atoms with van der Waals surface area (Å²) in [5.41, 5.74) is 5.70. The van der Waals surface area contributed by atoms with Gasteiger partial charge in [0.1, 0.15) is 0 Å². The molecule has 1 fully saturated rings. The molecule has 0 radical (unpaired) electrons. The van der Waals surface area contributed by atoms with Gasteiger partial charge in [-0.1, -0.05) is 20.8 Å². The van der Waals surface area contributed by atoms with E-state index in [4.69, 9.17) is 5.73 Å². The first-order chi connectivity index (χ1) is 6.91. The lowest BCUT2D eigenvalue weighted by Crippen LogP contribution is -2.49. The number of thioether (sulfide) groups is 1. The van der Waals surface area contributed by atoms with Crippen LogP contribution in [0.4, 0.5) is 0 Å². The van der Waals surface area contributed by atoms with Crippen LogP contribution in [0.2, 0.25) is 0 Å². The molecule has 0 bridgehead atoms. The maximum Gasteiger partial charge on any atom is 0.237 e. The molecular weight excluding hydrogens is 244 g/mol. The van der Waals surface area contributed by atoms with Gasteiger partial charge in [-0.2, -0.15) is 11.8 Å². The number of nitrogens with one attached hydrogen (secondary N) is 1. The highest BCUT2D eigenvalue weighted by molar-refractivity contribution is 8.00. The summed E-state index contributed by atoms with van der Waals surface area (Å²) in [5.74, 6) is 1.21. The number of nitrogens with two attached hydrogens (primary N) is 1. The molecule has 0 aromatic rings. The molecule has 1 aliphatic heterocycles. The molecule has 1 rings (SSSR count). The summed E-state index contributed by atoms with van der Waals surface area (Å²) in [5, 5.41) is 3.54. The second-order valence-electron chi connectivity index (χ2n) is 5.22. The van der Waals surface area contributed by atoms with Gasteiger partial charge in [0.25, 0.3) is 0 Å². The van der Waals surface area contributed by atoms with Gasteiger partial charge in [-0.3, -0.25) is 4.79 Å².